The van der Waals surface area contributed by atoms with Crippen LogP contribution in [0.5, 0.6) is 0 Å². The zero-order chi connectivity index (χ0) is 22.7. The third-order valence-electron chi connectivity index (χ3n) is 5.41. The molecule has 4 rings (SSSR count). The maximum absolute atomic E-state index is 12.3. The van der Waals surface area contributed by atoms with Crippen LogP contribution in [0.2, 0.25) is 5.02 Å². The first-order valence-electron chi connectivity index (χ1n) is 10.1. The SMILES string of the molecule is CC(C)c1cc([NH-])ccc1Cl.[NH-]Cc1ccc2c(c1)CN(C1CCC(=O)NC1=O)C2=O.[Y]. The molecule has 1 fully saturated rings. The van der Waals surface area contributed by atoms with Crippen LogP contribution in [-0.2, 0) is 55.4 Å². The molecule has 1 unspecified atom stereocenters. The molecule has 1 atom stereocenters. The Hall–Kier alpha value is -1.80. The van der Waals surface area contributed by atoms with E-state index < -0.39 is 11.9 Å². The number of carbonyl (C=O) groups is 3. The molecule has 0 bridgehead atoms. The summed E-state index contributed by atoms with van der Waals surface area (Å²) in [6.45, 7) is 4.68. The number of halogens is 1. The maximum atomic E-state index is 12.3. The molecule has 2 heterocycles. The van der Waals surface area contributed by atoms with Crippen molar-refractivity contribution in [3.05, 3.63) is 75.1 Å². The fourth-order valence-corrected chi connectivity index (χ4v) is 4.06. The quantitative estimate of drug-likeness (QED) is 0.555. The average Bonchev–Trinajstić information content (AvgIpc) is 3.05. The second-order valence-electron chi connectivity index (χ2n) is 7.96. The second kappa shape index (κ2) is 11.4. The van der Waals surface area contributed by atoms with E-state index >= 15 is 0 Å². The van der Waals surface area contributed by atoms with Crippen molar-refractivity contribution in [3.8, 4) is 0 Å². The van der Waals surface area contributed by atoms with Crippen LogP contribution in [0, 0.1) is 0 Å². The van der Waals surface area contributed by atoms with E-state index in [1.807, 2.05) is 12.1 Å². The minimum atomic E-state index is -0.577. The van der Waals surface area contributed by atoms with E-state index in [2.05, 4.69) is 19.2 Å². The molecular formula is C23H25ClN4O3Y-2. The number of hydrogen-bond donors (Lipinski definition) is 1. The standard InChI is InChI=1S/C14H14N3O3.C9H11ClN.Y/c15-6-8-1-2-10-9(5-8)7-17(14(10)20)11-3-4-12(18)16-13(11)19;1-6(2)8-5-7(11)3-4-9(8)10;/h1-2,5,11,15H,3-4,6-7H2,(H,16,18,19);3-6,11H,1-2H3;/q2*-1;. The minimum Gasteiger partial charge on any atom is -0.699 e. The molecule has 2 aliphatic heterocycles. The van der Waals surface area contributed by atoms with E-state index in [0.717, 1.165) is 21.7 Å². The van der Waals surface area contributed by atoms with Gasteiger partial charge in [-0.3, -0.25) is 19.7 Å². The van der Waals surface area contributed by atoms with Crippen molar-refractivity contribution in [2.75, 3.05) is 0 Å². The molecule has 1 saturated heterocycles. The molecule has 0 aromatic heterocycles. The summed E-state index contributed by atoms with van der Waals surface area (Å²) in [6.07, 6.45) is 0.629. The Morgan fingerprint density at radius 1 is 1.16 bits per heavy atom. The smallest absolute Gasteiger partial charge is 0.255 e. The number of nitrogens with zero attached hydrogens (tertiary/aromatic N) is 1. The van der Waals surface area contributed by atoms with E-state index in [-0.39, 0.29) is 57.5 Å². The number of nitrogens with one attached hydrogen (secondary N) is 3. The third kappa shape index (κ3) is 5.95. The molecule has 1 radical (unpaired) electrons. The van der Waals surface area contributed by atoms with Gasteiger partial charge in [0.15, 0.2) is 0 Å². The Kier molecular flexibility index (Phi) is 9.40. The van der Waals surface area contributed by atoms with Crippen LogP contribution in [0.15, 0.2) is 36.4 Å². The number of amides is 3. The molecule has 0 aliphatic carbocycles. The zero-order valence-electron chi connectivity index (χ0n) is 18.1. The van der Waals surface area contributed by atoms with Gasteiger partial charge in [0, 0.05) is 56.3 Å². The first kappa shape index (κ1) is 26.5. The number of benzene rings is 2. The van der Waals surface area contributed by atoms with Gasteiger partial charge in [-0.1, -0.05) is 55.3 Å². The Morgan fingerprint density at radius 3 is 2.47 bits per heavy atom. The Labute approximate surface area is 218 Å². The number of fused-ring (bicyclic) bond motifs is 1. The van der Waals surface area contributed by atoms with Gasteiger partial charge >= 0.3 is 0 Å². The minimum absolute atomic E-state index is 0. The van der Waals surface area contributed by atoms with Crippen molar-refractivity contribution in [2.24, 2.45) is 0 Å². The van der Waals surface area contributed by atoms with Crippen LogP contribution < -0.4 is 5.32 Å². The first-order valence-corrected chi connectivity index (χ1v) is 10.5. The van der Waals surface area contributed by atoms with Gasteiger partial charge in [-0.2, -0.15) is 0 Å². The van der Waals surface area contributed by atoms with Crippen LogP contribution >= 0.6 is 11.6 Å². The maximum Gasteiger partial charge on any atom is 0.255 e. The number of piperidine rings is 1. The number of hydrogen-bond acceptors (Lipinski definition) is 3. The van der Waals surface area contributed by atoms with Crippen molar-refractivity contribution in [3.63, 3.8) is 0 Å². The van der Waals surface area contributed by atoms with E-state index in [1.54, 1.807) is 24.3 Å². The topological polar surface area (TPSA) is 114 Å². The molecule has 2 aromatic rings. The molecule has 2 aromatic carbocycles. The van der Waals surface area contributed by atoms with E-state index in [0.29, 0.717) is 30.1 Å². The predicted octanol–water partition coefficient (Wildman–Crippen LogP) is 5.14. The Morgan fingerprint density at radius 2 is 1.88 bits per heavy atom. The normalized spacial score (nSPS) is 17.3. The van der Waals surface area contributed by atoms with Gasteiger partial charge < -0.3 is 16.4 Å². The summed E-state index contributed by atoms with van der Waals surface area (Å²) in [5.74, 6) is -0.464. The van der Waals surface area contributed by atoms with Gasteiger partial charge in [-0.25, -0.2) is 0 Å². The molecule has 2 aliphatic rings. The van der Waals surface area contributed by atoms with Crippen molar-refractivity contribution < 1.29 is 47.1 Å². The number of carbonyl (C=O) groups excluding carboxylic acids is 3. The summed E-state index contributed by atoms with van der Waals surface area (Å²) < 4.78 is 0. The molecule has 3 N–H and O–H groups in total. The van der Waals surface area contributed by atoms with E-state index in [1.165, 1.54) is 4.90 Å². The van der Waals surface area contributed by atoms with Crippen LogP contribution in [0.1, 0.15) is 59.7 Å². The Balaban J connectivity index is 0.000000259. The van der Waals surface area contributed by atoms with E-state index in [9.17, 15) is 14.4 Å². The average molecular weight is 530 g/mol. The summed E-state index contributed by atoms with van der Waals surface area (Å²) >= 11 is 5.91. The van der Waals surface area contributed by atoms with Gasteiger partial charge in [0.2, 0.25) is 11.8 Å². The first-order chi connectivity index (χ1) is 14.7. The summed E-state index contributed by atoms with van der Waals surface area (Å²) in [6, 6.07) is 10.0. The van der Waals surface area contributed by atoms with Gasteiger partial charge in [0.1, 0.15) is 6.04 Å². The fourth-order valence-electron chi connectivity index (χ4n) is 3.72. The monoisotopic (exact) mass is 529 g/mol. The molecule has 7 nitrogen and oxygen atoms in total. The summed E-state index contributed by atoms with van der Waals surface area (Å²) in [4.78, 5) is 36.9. The van der Waals surface area contributed by atoms with Crippen LogP contribution in [0.3, 0.4) is 0 Å². The summed E-state index contributed by atoms with van der Waals surface area (Å²) in [5.41, 5.74) is 18.6. The molecular weight excluding hydrogens is 505 g/mol. The van der Waals surface area contributed by atoms with Gasteiger partial charge in [-0.05, 0) is 35.6 Å². The van der Waals surface area contributed by atoms with Crippen LogP contribution in [0.4, 0.5) is 5.69 Å². The van der Waals surface area contributed by atoms with E-state index in [4.69, 9.17) is 23.1 Å². The van der Waals surface area contributed by atoms with Gasteiger partial charge in [0.25, 0.3) is 5.91 Å². The molecule has 0 saturated carbocycles. The predicted molar refractivity (Wildman–Crippen MR) is 120 cm³/mol. The summed E-state index contributed by atoms with van der Waals surface area (Å²) in [5, 5.41) is 3.03. The number of rotatable bonds is 3. The summed E-state index contributed by atoms with van der Waals surface area (Å²) in [7, 11) is 0. The molecule has 32 heavy (non-hydrogen) atoms. The second-order valence-corrected chi connectivity index (χ2v) is 8.37. The number of imide groups is 1. The van der Waals surface area contributed by atoms with Crippen molar-refractivity contribution in [1.82, 2.24) is 10.2 Å². The van der Waals surface area contributed by atoms with Gasteiger partial charge in [0.05, 0.1) is 0 Å². The van der Waals surface area contributed by atoms with Crippen molar-refractivity contribution in [1.29, 1.82) is 0 Å². The van der Waals surface area contributed by atoms with Crippen molar-refractivity contribution in [2.45, 2.75) is 51.7 Å². The molecule has 3 amide bonds. The van der Waals surface area contributed by atoms with Crippen LogP contribution in [-0.4, -0.2) is 28.7 Å². The van der Waals surface area contributed by atoms with Gasteiger partial charge in [-0.15, -0.1) is 12.2 Å². The molecule has 0 spiro atoms. The van der Waals surface area contributed by atoms with Crippen molar-refractivity contribution >= 4 is 35.0 Å². The molecule has 9 heteroatoms. The largest absolute Gasteiger partial charge is 0.699 e. The molecule has 167 valence electrons. The van der Waals surface area contributed by atoms with Crippen LogP contribution in [0.25, 0.3) is 11.5 Å². The third-order valence-corrected chi connectivity index (χ3v) is 5.75. The Bertz CT molecular complexity index is 1030. The fraction of sp³-hybridized carbons (Fsp3) is 0.348. The zero-order valence-corrected chi connectivity index (χ0v) is 21.7.